The second-order valence-electron chi connectivity index (χ2n) is 4.59. The van der Waals surface area contributed by atoms with Crippen LogP contribution in [0, 0.1) is 27.4 Å². The van der Waals surface area contributed by atoms with Crippen molar-refractivity contribution in [3.05, 3.63) is 27.9 Å². The van der Waals surface area contributed by atoms with E-state index in [1.807, 2.05) is 13.8 Å². The summed E-state index contributed by atoms with van der Waals surface area (Å²) in [5.41, 5.74) is -0.561. The van der Waals surface area contributed by atoms with Crippen LogP contribution < -0.4 is 5.32 Å². The fraction of sp³-hybridized carbons (Fsp3) is 0.500. The molecule has 0 aliphatic carbocycles. The average Bonchev–Trinajstić information content (AvgIpc) is 2.36. The Morgan fingerprint density at radius 2 is 2.26 bits per heavy atom. The quantitative estimate of drug-likeness (QED) is 0.597. The summed E-state index contributed by atoms with van der Waals surface area (Å²) in [6.07, 6.45) is 0.733. The third-order valence-corrected chi connectivity index (χ3v) is 2.50. The van der Waals surface area contributed by atoms with Crippen LogP contribution in [0.25, 0.3) is 0 Å². The molecule has 1 rings (SSSR count). The maximum Gasteiger partial charge on any atom is 0.305 e. The molecule has 0 saturated carbocycles. The molecule has 7 nitrogen and oxygen atoms in total. The zero-order valence-corrected chi connectivity index (χ0v) is 10.8. The zero-order chi connectivity index (χ0) is 14.4. The lowest BCUT2D eigenvalue weighted by molar-refractivity contribution is -0.385. The third kappa shape index (κ3) is 4.19. The smallest absolute Gasteiger partial charge is 0.305 e. The lowest BCUT2D eigenvalue weighted by Crippen LogP contribution is -2.26. The molecule has 0 bridgehead atoms. The highest BCUT2D eigenvalue weighted by Crippen LogP contribution is 2.19. The highest BCUT2D eigenvalue weighted by molar-refractivity contribution is 5.50. The Bertz CT molecular complexity index is 496. The van der Waals surface area contributed by atoms with Gasteiger partial charge >= 0.3 is 5.69 Å². The van der Waals surface area contributed by atoms with Crippen LogP contribution >= 0.6 is 0 Å². The summed E-state index contributed by atoms with van der Waals surface area (Å²) in [4.78, 5) is 13.9. The Labute approximate surface area is 111 Å². The summed E-state index contributed by atoms with van der Waals surface area (Å²) in [6.45, 7) is 3.97. The molecule has 7 heteroatoms. The fourth-order valence-corrected chi connectivity index (χ4v) is 1.72. The van der Waals surface area contributed by atoms with Gasteiger partial charge in [-0.3, -0.25) is 10.1 Å². The Morgan fingerprint density at radius 3 is 2.74 bits per heavy atom. The summed E-state index contributed by atoms with van der Waals surface area (Å²) < 4.78 is 0. The van der Waals surface area contributed by atoms with Crippen molar-refractivity contribution < 1.29 is 10.0 Å². The summed E-state index contributed by atoms with van der Waals surface area (Å²) in [7, 11) is 0. The van der Waals surface area contributed by atoms with Gasteiger partial charge in [0.2, 0.25) is 5.69 Å². The van der Waals surface area contributed by atoms with E-state index in [1.165, 1.54) is 12.1 Å². The van der Waals surface area contributed by atoms with Crippen molar-refractivity contribution in [2.45, 2.75) is 26.3 Å². The molecule has 2 N–H and O–H groups in total. The maximum atomic E-state index is 10.7. The van der Waals surface area contributed by atoms with E-state index in [0.717, 1.165) is 6.42 Å². The summed E-state index contributed by atoms with van der Waals surface area (Å²) in [5.74, 6) is 0.736. The molecular formula is C12H16N4O3. The first kappa shape index (κ1) is 14.9. The SMILES string of the molecule is CC(C)CC(CO)Nc1ccc([N+](=O)[O-])c(C#N)n1. The minimum Gasteiger partial charge on any atom is -0.394 e. The number of nitro groups is 1. The molecule has 0 aromatic carbocycles. The molecule has 0 aliphatic heterocycles. The number of aliphatic hydroxyl groups excluding tert-OH is 1. The molecule has 1 heterocycles. The Hall–Kier alpha value is -2.20. The number of hydrogen-bond donors (Lipinski definition) is 2. The van der Waals surface area contributed by atoms with E-state index in [2.05, 4.69) is 10.3 Å². The van der Waals surface area contributed by atoms with Gasteiger partial charge in [0.05, 0.1) is 17.6 Å². The number of aliphatic hydroxyl groups is 1. The van der Waals surface area contributed by atoms with Gasteiger partial charge in [0.15, 0.2) is 0 Å². The number of rotatable bonds is 6. The average molecular weight is 264 g/mol. The molecule has 0 radical (unpaired) electrons. The topological polar surface area (TPSA) is 112 Å². The van der Waals surface area contributed by atoms with Crippen molar-refractivity contribution >= 4 is 11.5 Å². The second-order valence-corrected chi connectivity index (χ2v) is 4.59. The van der Waals surface area contributed by atoms with Crippen LogP contribution in [0.5, 0.6) is 0 Å². The first-order valence-corrected chi connectivity index (χ1v) is 5.90. The monoisotopic (exact) mass is 264 g/mol. The molecule has 19 heavy (non-hydrogen) atoms. The van der Waals surface area contributed by atoms with Gasteiger partial charge in [0.1, 0.15) is 11.9 Å². The Morgan fingerprint density at radius 1 is 1.58 bits per heavy atom. The fourth-order valence-electron chi connectivity index (χ4n) is 1.72. The van der Waals surface area contributed by atoms with Crippen molar-refractivity contribution in [2.75, 3.05) is 11.9 Å². The van der Waals surface area contributed by atoms with Crippen molar-refractivity contribution in [3.8, 4) is 6.07 Å². The molecule has 1 aromatic rings. The molecule has 0 aliphatic rings. The number of nitrogens with one attached hydrogen (secondary N) is 1. The molecular weight excluding hydrogens is 248 g/mol. The van der Waals surface area contributed by atoms with E-state index in [-0.39, 0.29) is 24.0 Å². The van der Waals surface area contributed by atoms with Gasteiger partial charge in [-0.15, -0.1) is 0 Å². The van der Waals surface area contributed by atoms with Gasteiger partial charge in [-0.05, 0) is 18.4 Å². The number of pyridine rings is 1. The standard InChI is InChI=1S/C12H16N4O3/c1-8(2)5-9(7-17)14-12-4-3-11(16(18)19)10(6-13)15-12/h3-4,8-9,17H,5,7H2,1-2H3,(H,14,15). The Balaban J connectivity index is 2.91. The molecule has 1 aromatic heterocycles. The summed E-state index contributed by atoms with van der Waals surface area (Å²) in [5, 5.41) is 31.7. The highest BCUT2D eigenvalue weighted by atomic mass is 16.6. The maximum absolute atomic E-state index is 10.7. The predicted octanol–water partition coefficient (Wildman–Crippen LogP) is 1.68. The minimum atomic E-state index is -0.646. The largest absolute Gasteiger partial charge is 0.394 e. The summed E-state index contributed by atoms with van der Waals surface area (Å²) >= 11 is 0. The van der Waals surface area contributed by atoms with Crippen molar-refractivity contribution in [1.29, 1.82) is 5.26 Å². The molecule has 0 amide bonds. The molecule has 1 unspecified atom stereocenters. The molecule has 0 saturated heterocycles. The molecule has 102 valence electrons. The van der Waals surface area contributed by atoms with E-state index >= 15 is 0 Å². The third-order valence-electron chi connectivity index (χ3n) is 2.50. The predicted molar refractivity (Wildman–Crippen MR) is 69.6 cm³/mol. The van der Waals surface area contributed by atoms with Crippen LogP contribution in [0.2, 0.25) is 0 Å². The number of hydrogen-bond acceptors (Lipinski definition) is 6. The van der Waals surface area contributed by atoms with Crippen LogP contribution in [-0.2, 0) is 0 Å². The van der Waals surface area contributed by atoms with E-state index in [1.54, 1.807) is 6.07 Å². The minimum absolute atomic E-state index is 0.0707. The number of nitrogens with zero attached hydrogens (tertiary/aromatic N) is 3. The second kappa shape index (κ2) is 6.66. The van der Waals surface area contributed by atoms with Gasteiger partial charge in [0.25, 0.3) is 0 Å². The van der Waals surface area contributed by atoms with Gasteiger partial charge in [-0.25, -0.2) is 4.98 Å². The van der Waals surface area contributed by atoms with Gasteiger partial charge in [0, 0.05) is 6.07 Å². The van der Waals surface area contributed by atoms with Gasteiger partial charge in [-0.1, -0.05) is 13.8 Å². The van der Waals surface area contributed by atoms with E-state index in [0.29, 0.717) is 11.7 Å². The zero-order valence-electron chi connectivity index (χ0n) is 10.8. The van der Waals surface area contributed by atoms with E-state index in [9.17, 15) is 15.2 Å². The molecule has 1 atom stereocenters. The lowest BCUT2D eigenvalue weighted by atomic mass is 10.0. The van der Waals surface area contributed by atoms with Crippen molar-refractivity contribution in [3.63, 3.8) is 0 Å². The molecule has 0 spiro atoms. The first-order valence-electron chi connectivity index (χ1n) is 5.90. The van der Waals surface area contributed by atoms with Crippen LogP contribution in [0.1, 0.15) is 26.0 Å². The summed E-state index contributed by atoms with van der Waals surface area (Å²) in [6, 6.07) is 4.17. The van der Waals surface area contributed by atoms with Crippen LogP contribution in [0.15, 0.2) is 12.1 Å². The van der Waals surface area contributed by atoms with E-state index < -0.39 is 4.92 Å². The van der Waals surface area contributed by atoms with Crippen LogP contribution in [0.4, 0.5) is 11.5 Å². The van der Waals surface area contributed by atoms with Crippen molar-refractivity contribution in [1.82, 2.24) is 4.98 Å². The normalized spacial score (nSPS) is 11.9. The van der Waals surface area contributed by atoms with Gasteiger partial charge < -0.3 is 10.4 Å². The van der Waals surface area contributed by atoms with Crippen LogP contribution in [0.3, 0.4) is 0 Å². The van der Waals surface area contributed by atoms with Crippen LogP contribution in [-0.4, -0.2) is 27.7 Å². The highest BCUT2D eigenvalue weighted by Gasteiger charge is 2.17. The lowest BCUT2D eigenvalue weighted by Gasteiger charge is -2.18. The van der Waals surface area contributed by atoms with Gasteiger partial charge in [-0.2, -0.15) is 5.26 Å². The van der Waals surface area contributed by atoms with Crippen molar-refractivity contribution in [2.24, 2.45) is 5.92 Å². The van der Waals surface area contributed by atoms with E-state index in [4.69, 9.17) is 5.26 Å². The molecule has 0 fully saturated rings. The number of nitriles is 1. The number of aromatic nitrogens is 1. The first-order chi connectivity index (χ1) is 8.97. The Kier molecular flexibility index (Phi) is 5.21. The number of anilines is 1.